The first-order valence-electron chi connectivity index (χ1n) is 3.50. The molecule has 0 fully saturated rings. The van der Waals surface area contributed by atoms with E-state index >= 15 is 0 Å². The Morgan fingerprint density at radius 3 is 0.824 bits per heavy atom. The van der Waals surface area contributed by atoms with Crippen molar-refractivity contribution in [3.63, 3.8) is 0 Å². The normalized spacial score (nSPS) is 6.06. The Labute approximate surface area is 98.0 Å². The molecule has 0 atom stereocenters. The van der Waals surface area contributed by atoms with E-state index in [2.05, 4.69) is 26.9 Å². The summed E-state index contributed by atoms with van der Waals surface area (Å²) in [5.41, 5.74) is 0. The standard InChI is InChI=1S/3C3H4O2.CF/c3*1-2-3(4)5;1-2/h3*2H,1H2,(H,4,5);/q;;;+3/p-3. The van der Waals surface area contributed by atoms with Crippen LogP contribution in [0.25, 0.3) is 0 Å². The van der Waals surface area contributed by atoms with Crippen molar-refractivity contribution < 1.29 is 34.1 Å². The van der Waals surface area contributed by atoms with Gasteiger partial charge in [-0.3, -0.25) is 0 Å². The van der Waals surface area contributed by atoms with Gasteiger partial charge in [-0.05, 0) is 18.2 Å². The molecule has 7 heteroatoms. The molecule has 0 spiro atoms. The van der Waals surface area contributed by atoms with E-state index < -0.39 is 17.9 Å². The van der Waals surface area contributed by atoms with E-state index in [-0.39, 0.29) is 0 Å². The summed E-state index contributed by atoms with van der Waals surface area (Å²) < 4.78 is 8.75. The van der Waals surface area contributed by atoms with Crippen LogP contribution >= 0.6 is 0 Å². The van der Waals surface area contributed by atoms with Gasteiger partial charge in [0.05, 0.1) is 17.9 Å². The van der Waals surface area contributed by atoms with Gasteiger partial charge in [-0.1, -0.05) is 19.7 Å². The Bertz CT molecular complexity index is 217. The van der Waals surface area contributed by atoms with Crippen LogP contribution in [0.15, 0.2) is 38.0 Å². The first kappa shape index (κ1) is 24.0. The summed E-state index contributed by atoms with van der Waals surface area (Å²) in [5, 5.41) is 27.4. The maximum absolute atomic E-state index is 9.14. The zero-order valence-corrected chi connectivity index (χ0v) is 8.68. The van der Waals surface area contributed by atoms with Crippen molar-refractivity contribution >= 4 is 17.9 Å². The monoisotopic (exact) mass is 244 g/mol. The molecule has 0 aliphatic rings. The molecule has 6 nitrogen and oxygen atoms in total. The summed E-state index contributed by atoms with van der Waals surface area (Å²) in [7, 11) is 4.25. The van der Waals surface area contributed by atoms with Gasteiger partial charge >= 0.3 is 11.6 Å². The Hall–Kier alpha value is -2.44. The summed E-state index contributed by atoms with van der Waals surface area (Å²) in [6, 6.07) is 0. The van der Waals surface area contributed by atoms with Crippen LogP contribution in [0.1, 0.15) is 0 Å². The SMILES string of the molecule is C=CC(=O)[O-].C=CC(=O)[O-].C=CC(=O)[O-].[C+3]F. The molecule has 0 saturated heterocycles. The molecule has 17 heavy (non-hydrogen) atoms. The Morgan fingerprint density at radius 1 is 0.765 bits per heavy atom. The Balaban J connectivity index is -0.0000000693. The summed E-state index contributed by atoms with van der Waals surface area (Å²) in [5.74, 6) is -3.69. The third-order valence-corrected chi connectivity index (χ3v) is 0.500. The minimum atomic E-state index is -1.23. The van der Waals surface area contributed by atoms with Gasteiger partial charge in [0.2, 0.25) is 0 Å². The van der Waals surface area contributed by atoms with Crippen molar-refractivity contribution in [3.05, 3.63) is 45.1 Å². The molecule has 0 rings (SSSR count). The van der Waals surface area contributed by atoms with Crippen LogP contribution in [-0.4, -0.2) is 17.9 Å². The van der Waals surface area contributed by atoms with Crippen LogP contribution in [-0.2, 0) is 14.4 Å². The van der Waals surface area contributed by atoms with Gasteiger partial charge < -0.3 is 29.7 Å². The molecule has 0 saturated carbocycles. The van der Waals surface area contributed by atoms with Gasteiger partial charge in [-0.2, -0.15) is 0 Å². The molecule has 0 unspecified atom stereocenters. The van der Waals surface area contributed by atoms with E-state index in [1.807, 2.05) is 0 Å². The Morgan fingerprint density at radius 2 is 0.824 bits per heavy atom. The maximum atomic E-state index is 9.14. The van der Waals surface area contributed by atoms with Gasteiger partial charge in [-0.25, -0.2) is 0 Å². The van der Waals surface area contributed by atoms with E-state index in [0.29, 0.717) is 0 Å². The van der Waals surface area contributed by atoms with Crippen LogP contribution in [0.4, 0.5) is 4.39 Å². The predicted molar refractivity (Wildman–Crippen MR) is 50.0 cm³/mol. The summed E-state index contributed by atoms with van der Waals surface area (Å²) in [6.07, 6.45) is 2.17. The summed E-state index contributed by atoms with van der Waals surface area (Å²) in [4.78, 5) is 27.4. The van der Waals surface area contributed by atoms with Gasteiger partial charge in [0, 0.05) is 0 Å². The molecular weight excluding hydrogens is 235 g/mol. The molecule has 0 aliphatic heterocycles. The van der Waals surface area contributed by atoms with E-state index in [1.54, 1.807) is 0 Å². The van der Waals surface area contributed by atoms with Crippen molar-refractivity contribution in [2.45, 2.75) is 0 Å². The quantitative estimate of drug-likeness (QED) is 0.497. The van der Waals surface area contributed by atoms with E-state index in [9.17, 15) is 0 Å². The van der Waals surface area contributed by atoms with Crippen LogP contribution in [0.5, 0.6) is 0 Å². The first-order valence-corrected chi connectivity index (χ1v) is 3.50. The molecule has 0 aromatic carbocycles. The average Bonchev–Trinajstić information content (AvgIpc) is 2.32. The number of rotatable bonds is 3. The zero-order chi connectivity index (χ0) is 14.9. The second kappa shape index (κ2) is 23.4. The number of hydrogen-bond donors (Lipinski definition) is 0. The second-order valence-electron chi connectivity index (χ2n) is 1.57. The van der Waals surface area contributed by atoms with Crippen molar-refractivity contribution in [3.8, 4) is 0 Å². The van der Waals surface area contributed by atoms with Gasteiger partial charge in [0.15, 0.2) is 0 Å². The third kappa shape index (κ3) is 143. The zero-order valence-electron chi connectivity index (χ0n) is 8.68. The van der Waals surface area contributed by atoms with Crippen molar-refractivity contribution in [1.29, 1.82) is 0 Å². The number of hydrogen-bond acceptors (Lipinski definition) is 6. The molecule has 0 aromatic rings. The number of carboxylic acid groups (broad SMARTS) is 3. The van der Waals surface area contributed by atoms with Gasteiger partial charge in [0.1, 0.15) is 0 Å². The van der Waals surface area contributed by atoms with Crippen molar-refractivity contribution in [2.24, 2.45) is 0 Å². The fourth-order valence-electron chi connectivity index (χ4n) is 0. The summed E-state index contributed by atoms with van der Waals surface area (Å²) in [6.45, 7) is 8.69. The van der Waals surface area contributed by atoms with Crippen LogP contribution in [0.3, 0.4) is 0 Å². The molecule has 0 radical (unpaired) electrons. The topological polar surface area (TPSA) is 120 Å². The molecule has 0 bridgehead atoms. The van der Waals surface area contributed by atoms with Crippen molar-refractivity contribution in [1.82, 2.24) is 0 Å². The first-order chi connectivity index (χ1) is 7.81. The molecule has 0 heterocycles. The van der Waals surface area contributed by atoms with Gasteiger partial charge in [0.25, 0.3) is 0 Å². The van der Waals surface area contributed by atoms with E-state index in [4.69, 9.17) is 34.1 Å². The Kier molecular flexibility index (Phi) is 33.1. The van der Waals surface area contributed by atoms with Crippen LogP contribution in [0, 0.1) is 7.18 Å². The molecular formula is C10H9FO6. The average molecular weight is 244 g/mol. The number of carboxylic acids is 3. The predicted octanol–water partition coefficient (Wildman–Crippen LogP) is -2.73. The fourth-order valence-corrected chi connectivity index (χ4v) is 0. The molecule has 0 aromatic heterocycles. The number of aliphatic carboxylic acids is 3. The molecule has 0 aliphatic carbocycles. The summed E-state index contributed by atoms with van der Waals surface area (Å²) >= 11 is 0. The number of carbonyl (C=O) groups is 3. The van der Waals surface area contributed by atoms with E-state index in [0.717, 1.165) is 18.2 Å². The van der Waals surface area contributed by atoms with Gasteiger partial charge in [-0.15, -0.1) is 0 Å². The molecule has 0 N–H and O–H groups in total. The molecule has 0 amide bonds. The second-order valence-corrected chi connectivity index (χ2v) is 1.57. The van der Waals surface area contributed by atoms with Crippen molar-refractivity contribution in [2.75, 3.05) is 0 Å². The number of halogens is 1. The van der Waals surface area contributed by atoms with E-state index in [1.165, 1.54) is 0 Å². The number of carbonyl (C=O) groups excluding carboxylic acids is 3. The van der Waals surface area contributed by atoms with Crippen LogP contribution < -0.4 is 15.3 Å². The van der Waals surface area contributed by atoms with Crippen LogP contribution in [0.2, 0.25) is 0 Å². The molecule has 92 valence electrons. The minimum absolute atomic E-state index is 0.722. The third-order valence-electron chi connectivity index (χ3n) is 0.500. The fraction of sp³-hybridized carbons (Fsp3) is 0.